The average molecular weight is 201 g/mol. The predicted molar refractivity (Wildman–Crippen MR) is 62.3 cm³/mol. The third-order valence-corrected chi connectivity index (χ3v) is 2.83. The molecular formula is C12H27NO. The van der Waals surface area contributed by atoms with E-state index >= 15 is 0 Å². The van der Waals surface area contributed by atoms with Crippen LogP contribution in [0.2, 0.25) is 0 Å². The maximum Gasteiger partial charge on any atom is 0.0524 e. The van der Waals surface area contributed by atoms with E-state index in [1.54, 1.807) is 0 Å². The molecule has 14 heavy (non-hydrogen) atoms. The first-order valence-corrected chi connectivity index (χ1v) is 5.84. The van der Waals surface area contributed by atoms with Gasteiger partial charge in [-0.25, -0.2) is 0 Å². The van der Waals surface area contributed by atoms with Crippen molar-refractivity contribution in [2.24, 2.45) is 17.8 Å². The second kappa shape index (κ2) is 7.24. The zero-order valence-electron chi connectivity index (χ0n) is 10.4. The Labute approximate surface area is 89.1 Å². The summed E-state index contributed by atoms with van der Waals surface area (Å²) in [4.78, 5) is 0. The van der Waals surface area contributed by atoms with E-state index < -0.39 is 0 Å². The molecule has 1 atom stereocenters. The van der Waals surface area contributed by atoms with Crippen LogP contribution in [0.25, 0.3) is 0 Å². The fourth-order valence-electron chi connectivity index (χ4n) is 1.82. The summed E-state index contributed by atoms with van der Waals surface area (Å²) in [6.45, 7) is 12.9. The zero-order chi connectivity index (χ0) is 11.1. The largest absolute Gasteiger partial charge is 0.393 e. The van der Waals surface area contributed by atoms with Gasteiger partial charge in [0.25, 0.3) is 0 Å². The molecule has 0 bridgehead atoms. The van der Waals surface area contributed by atoms with Gasteiger partial charge in [0.2, 0.25) is 0 Å². The monoisotopic (exact) mass is 201 g/mol. The highest BCUT2D eigenvalue weighted by Gasteiger charge is 2.16. The minimum absolute atomic E-state index is 0.181. The quantitative estimate of drug-likeness (QED) is 0.619. The SMILES string of the molecule is CC(O)CCNCC(C(C)C)C(C)C. The molecule has 2 nitrogen and oxygen atoms in total. The number of hydrogen-bond donors (Lipinski definition) is 2. The van der Waals surface area contributed by atoms with Crippen LogP contribution in [0.15, 0.2) is 0 Å². The molecular weight excluding hydrogens is 174 g/mol. The lowest BCUT2D eigenvalue weighted by Crippen LogP contribution is -2.31. The maximum absolute atomic E-state index is 9.10. The Morgan fingerprint density at radius 1 is 1.00 bits per heavy atom. The number of rotatable bonds is 7. The van der Waals surface area contributed by atoms with E-state index in [1.165, 1.54) is 0 Å². The highest BCUT2D eigenvalue weighted by atomic mass is 16.3. The van der Waals surface area contributed by atoms with Crippen molar-refractivity contribution in [3.05, 3.63) is 0 Å². The fourth-order valence-corrected chi connectivity index (χ4v) is 1.82. The molecule has 0 spiro atoms. The van der Waals surface area contributed by atoms with Gasteiger partial charge in [-0.1, -0.05) is 27.7 Å². The van der Waals surface area contributed by atoms with Crippen molar-refractivity contribution in [1.29, 1.82) is 0 Å². The summed E-state index contributed by atoms with van der Waals surface area (Å²) in [5, 5.41) is 12.5. The van der Waals surface area contributed by atoms with Gasteiger partial charge >= 0.3 is 0 Å². The molecule has 0 aliphatic carbocycles. The fraction of sp³-hybridized carbons (Fsp3) is 1.00. The number of aliphatic hydroxyl groups is 1. The lowest BCUT2D eigenvalue weighted by atomic mass is 9.85. The summed E-state index contributed by atoms with van der Waals surface area (Å²) in [7, 11) is 0. The van der Waals surface area contributed by atoms with Crippen molar-refractivity contribution < 1.29 is 5.11 Å². The Hall–Kier alpha value is -0.0800. The van der Waals surface area contributed by atoms with Crippen LogP contribution in [-0.2, 0) is 0 Å². The molecule has 0 rings (SSSR count). The molecule has 0 heterocycles. The van der Waals surface area contributed by atoms with Crippen LogP contribution in [0.3, 0.4) is 0 Å². The van der Waals surface area contributed by atoms with Crippen LogP contribution in [0.1, 0.15) is 41.0 Å². The van der Waals surface area contributed by atoms with Crippen molar-refractivity contribution in [1.82, 2.24) is 5.32 Å². The number of hydrogen-bond acceptors (Lipinski definition) is 2. The smallest absolute Gasteiger partial charge is 0.0524 e. The topological polar surface area (TPSA) is 32.3 Å². The van der Waals surface area contributed by atoms with Crippen LogP contribution in [0.4, 0.5) is 0 Å². The summed E-state index contributed by atoms with van der Waals surface area (Å²) < 4.78 is 0. The van der Waals surface area contributed by atoms with Crippen LogP contribution in [0, 0.1) is 17.8 Å². The third-order valence-electron chi connectivity index (χ3n) is 2.83. The average Bonchev–Trinajstić information content (AvgIpc) is 2.01. The summed E-state index contributed by atoms with van der Waals surface area (Å²) in [6.07, 6.45) is 0.669. The van der Waals surface area contributed by atoms with Crippen molar-refractivity contribution in [3.8, 4) is 0 Å². The third kappa shape index (κ3) is 6.39. The van der Waals surface area contributed by atoms with Gasteiger partial charge in [0, 0.05) is 0 Å². The van der Waals surface area contributed by atoms with Crippen LogP contribution in [-0.4, -0.2) is 24.3 Å². The Balaban J connectivity index is 3.62. The summed E-state index contributed by atoms with van der Waals surface area (Å²) in [5.74, 6) is 2.20. The van der Waals surface area contributed by atoms with Gasteiger partial charge in [-0.3, -0.25) is 0 Å². The van der Waals surface area contributed by atoms with Gasteiger partial charge in [-0.2, -0.15) is 0 Å². The van der Waals surface area contributed by atoms with Gasteiger partial charge < -0.3 is 10.4 Å². The zero-order valence-corrected chi connectivity index (χ0v) is 10.4. The molecule has 0 aromatic rings. The van der Waals surface area contributed by atoms with Crippen LogP contribution in [0.5, 0.6) is 0 Å². The maximum atomic E-state index is 9.10. The van der Waals surface area contributed by atoms with Crippen LogP contribution >= 0.6 is 0 Å². The molecule has 0 aliphatic rings. The molecule has 0 fully saturated rings. The molecule has 0 aromatic carbocycles. The van der Waals surface area contributed by atoms with Gasteiger partial charge in [-0.15, -0.1) is 0 Å². The number of nitrogens with one attached hydrogen (secondary N) is 1. The summed E-state index contributed by atoms with van der Waals surface area (Å²) in [6, 6.07) is 0. The Morgan fingerprint density at radius 3 is 1.86 bits per heavy atom. The van der Waals surface area contributed by atoms with E-state index in [4.69, 9.17) is 5.11 Å². The Morgan fingerprint density at radius 2 is 1.50 bits per heavy atom. The molecule has 2 N–H and O–H groups in total. The van der Waals surface area contributed by atoms with Crippen molar-refractivity contribution in [2.45, 2.75) is 47.1 Å². The molecule has 0 radical (unpaired) electrons. The van der Waals surface area contributed by atoms with Gasteiger partial charge in [-0.05, 0) is 44.2 Å². The minimum atomic E-state index is -0.181. The van der Waals surface area contributed by atoms with E-state index in [9.17, 15) is 0 Å². The molecule has 0 saturated heterocycles. The molecule has 2 heteroatoms. The number of aliphatic hydroxyl groups excluding tert-OH is 1. The second-order valence-corrected chi connectivity index (χ2v) is 4.99. The minimum Gasteiger partial charge on any atom is -0.393 e. The standard InChI is InChI=1S/C12H27NO/c1-9(2)12(10(3)4)8-13-7-6-11(5)14/h9-14H,6-8H2,1-5H3. The highest BCUT2D eigenvalue weighted by Crippen LogP contribution is 2.19. The molecule has 86 valence electrons. The molecule has 0 aromatic heterocycles. The van der Waals surface area contributed by atoms with E-state index in [2.05, 4.69) is 33.0 Å². The molecule has 0 saturated carbocycles. The van der Waals surface area contributed by atoms with Crippen molar-refractivity contribution in [3.63, 3.8) is 0 Å². The van der Waals surface area contributed by atoms with E-state index in [1.807, 2.05) is 6.92 Å². The van der Waals surface area contributed by atoms with E-state index in [0.717, 1.165) is 37.3 Å². The lowest BCUT2D eigenvalue weighted by molar-refractivity contribution is 0.181. The summed E-state index contributed by atoms with van der Waals surface area (Å²) >= 11 is 0. The van der Waals surface area contributed by atoms with E-state index in [0.29, 0.717) is 0 Å². The predicted octanol–water partition coefficient (Wildman–Crippen LogP) is 2.28. The normalized spacial score (nSPS) is 14.4. The van der Waals surface area contributed by atoms with Crippen LogP contribution < -0.4 is 5.32 Å². The Kier molecular flexibility index (Phi) is 7.20. The summed E-state index contributed by atoms with van der Waals surface area (Å²) in [5.41, 5.74) is 0. The second-order valence-electron chi connectivity index (χ2n) is 4.99. The lowest BCUT2D eigenvalue weighted by Gasteiger charge is -2.25. The first-order valence-electron chi connectivity index (χ1n) is 5.84. The first-order chi connectivity index (χ1) is 6.45. The molecule has 0 amide bonds. The van der Waals surface area contributed by atoms with Gasteiger partial charge in [0.1, 0.15) is 0 Å². The molecule has 1 unspecified atom stereocenters. The van der Waals surface area contributed by atoms with Crippen molar-refractivity contribution in [2.75, 3.05) is 13.1 Å². The Bertz CT molecular complexity index is 124. The molecule has 0 aliphatic heterocycles. The van der Waals surface area contributed by atoms with Crippen molar-refractivity contribution >= 4 is 0 Å². The highest BCUT2D eigenvalue weighted by molar-refractivity contribution is 4.69. The van der Waals surface area contributed by atoms with Gasteiger partial charge in [0.15, 0.2) is 0 Å². The van der Waals surface area contributed by atoms with E-state index in [-0.39, 0.29) is 6.10 Å². The van der Waals surface area contributed by atoms with Gasteiger partial charge in [0.05, 0.1) is 6.10 Å². The first kappa shape index (κ1) is 13.9.